The van der Waals surface area contributed by atoms with Crippen molar-refractivity contribution in [2.45, 2.75) is 75.1 Å². The molecule has 264 valence electrons. The summed E-state index contributed by atoms with van der Waals surface area (Å²) in [5.41, 5.74) is 1.22. The summed E-state index contributed by atoms with van der Waals surface area (Å²) in [5.74, 6) is -0.564. The molecule has 1 aromatic heterocycles. The van der Waals surface area contributed by atoms with E-state index in [2.05, 4.69) is 9.71 Å². The molecule has 0 spiro atoms. The molecule has 2 N–H and O–H groups in total. The highest BCUT2D eigenvalue weighted by Gasteiger charge is 2.33. The molecule has 0 saturated heterocycles. The molecule has 0 aliphatic carbocycles. The van der Waals surface area contributed by atoms with Crippen LogP contribution in [0.4, 0.5) is 5.69 Å². The first-order valence-electron chi connectivity index (χ1n) is 16.0. The molecular weight excluding hydrogens is 659 g/mol. The zero-order chi connectivity index (χ0) is 35.2. The van der Waals surface area contributed by atoms with Crippen molar-refractivity contribution in [2.75, 3.05) is 38.1 Å². The third-order valence-electron chi connectivity index (χ3n) is 8.43. The van der Waals surface area contributed by atoms with Crippen molar-refractivity contribution in [1.82, 2.24) is 18.8 Å². The highest BCUT2D eigenvalue weighted by molar-refractivity contribution is 7.92. The van der Waals surface area contributed by atoms with Gasteiger partial charge in [0.2, 0.25) is 0 Å². The number of amides is 1. The normalized spacial score (nSPS) is 20.9. The lowest BCUT2D eigenvalue weighted by molar-refractivity contribution is -0.00835. The number of sulfonamides is 2. The number of nitrogens with one attached hydrogen (secondary N) is 1. The zero-order valence-corrected chi connectivity index (χ0v) is 30.0. The van der Waals surface area contributed by atoms with Gasteiger partial charge in [-0.15, -0.1) is 0 Å². The second-order valence-electron chi connectivity index (χ2n) is 12.6. The van der Waals surface area contributed by atoms with Crippen LogP contribution in [0.3, 0.4) is 0 Å². The number of nitrogens with zero attached hydrogens (tertiary/aromatic N) is 4. The number of imidazole rings is 1. The van der Waals surface area contributed by atoms with Crippen LogP contribution >= 0.6 is 0 Å². The molecule has 0 unspecified atom stereocenters. The number of carbonyl (C=O) groups excluding carboxylic acids is 1. The van der Waals surface area contributed by atoms with Crippen molar-refractivity contribution in [3.8, 4) is 5.75 Å². The van der Waals surface area contributed by atoms with E-state index in [9.17, 15) is 26.7 Å². The summed E-state index contributed by atoms with van der Waals surface area (Å²) in [4.78, 5) is 19.9. The van der Waals surface area contributed by atoms with Crippen LogP contribution in [-0.4, -0.2) is 98.2 Å². The van der Waals surface area contributed by atoms with Crippen LogP contribution in [0.5, 0.6) is 5.75 Å². The van der Waals surface area contributed by atoms with Crippen LogP contribution in [0.15, 0.2) is 64.9 Å². The smallest absolute Gasteiger partial charge is 0.261 e. The molecule has 0 radical (unpaired) electrons. The van der Waals surface area contributed by atoms with Crippen LogP contribution in [0.2, 0.25) is 0 Å². The Morgan fingerprint density at radius 2 is 1.81 bits per heavy atom. The number of likely N-dealkylation sites (N-methyl/N-ethyl adjacent to an activating group) is 1. The molecule has 0 fully saturated rings. The van der Waals surface area contributed by atoms with E-state index in [-0.39, 0.29) is 52.9 Å². The molecule has 15 heteroatoms. The minimum absolute atomic E-state index is 0.0106. The number of benzene rings is 2. The largest absolute Gasteiger partial charge is 0.490 e. The van der Waals surface area contributed by atoms with E-state index in [4.69, 9.17) is 9.47 Å². The van der Waals surface area contributed by atoms with E-state index in [0.717, 1.165) is 12.0 Å². The Balaban J connectivity index is 1.68. The number of ether oxygens (including phenoxy) is 2. The number of aliphatic hydroxyl groups excluding tert-OH is 1. The predicted octanol–water partition coefficient (Wildman–Crippen LogP) is 3.65. The van der Waals surface area contributed by atoms with Gasteiger partial charge >= 0.3 is 0 Å². The lowest BCUT2D eigenvalue weighted by Crippen LogP contribution is -2.48. The molecule has 2 heterocycles. The Morgan fingerprint density at radius 1 is 1.10 bits per heavy atom. The number of anilines is 1. The summed E-state index contributed by atoms with van der Waals surface area (Å²) in [7, 11) is -4.71. The van der Waals surface area contributed by atoms with Crippen LogP contribution in [0, 0.1) is 12.8 Å². The van der Waals surface area contributed by atoms with Gasteiger partial charge in [-0.2, -0.15) is 4.31 Å². The number of aliphatic hydroxyl groups is 1. The van der Waals surface area contributed by atoms with E-state index in [0.29, 0.717) is 25.2 Å². The molecule has 0 saturated carbocycles. The molecule has 4 atom stereocenters. The predicted molar refractivity (Wildman–Crippen MR) is 182 cm³/mol. The average molecular weight is 706 g/mol. The maximum absolute atomic E-state index is 14.4. The van der Waals surface area contributed by atoms with Gasteiger partial charge in [0.25, 0.3) is 26.0 Å². The fraction of sp³-hybridized carbons (Fsp3) is 0.515. The Morgan fingerprint density at radius 3 is 2.46 bits per heavy atom. The van der Waals surface area contributed by atoms with Crippen molar-refractivity contribution in [3.05, 3.63) is 66.1 Å². The Kier molecular flexibility index (Phi) is 12.3. The molecule has 1 aliphatic heterocycles. The summed E-state index contributed by atoms with van der Waals surface area (Å²) in [6, 6.07) is 10.4. The zero-order valence-electron chi connectivity index (χ0n) is 28.4. The Labute approximate surface area is 284 Å². The van der Waals surface area contributed by atoms with Crippen molar-refractivity contribution < 1.29 is 36.2 Å². The fourth-order valence-electron chi connectivity index (χ4n) is 5.41. The second-order valence-corrected chi connectivity index (χ2v) is 16.3. The third-order valence-corrected chi connectivity index (χ3v) is 11.5. The summed E-state index contributed by atoms with van der Waals surface area (Å²) in [6.45, 7) is 7.48. The van der Waals surface area contributed by atoms with Crippen LogP contribution in [0.25, 0.3) is 0 Å². The number of rotatable bonds is 9. The first-order chi connectivity index (χ1) is 22.6. The quantitative estimate of drug-likeness (QED) is 0.339. The molecule has 3 aromatic rings. The van der Waals surface area contributed by atoms with Gasteiger partial charge in [-0.05, 0) is 70.4 Å². The number of hydrogen-bond acceptors (Lipinski definition) is 9. The number of aromatic nitrogens is 2. The van der Waals surface area contributed by atoms with Crippen LogP contribution in [0.1, 0.15) is 56.0 Å². The van der Waals surface area contributed by atoms with Crippen molar-refractivity contribution in [3.63, 3.8) is 0 Å². The lowest BCUT2D eigenvalue weighted by Gasteiger charge is -2.35. The molecule has 48 heavy (non-hydrogen) atoms. The van der Waals surface area contributed by atoms with E-state index in [1.54, 1.807) is 42.8 Å². The van der Waals surface area contributed by atoms with Gasteiger partial charge in [-0.3, -0.25) is 9.52 Å². The summed E-state index contributed by atoms with van der Waals surface area (Å²) in [5, 5.41) is 10.1. The molecule has 1 aliphatic rings. The number of hydrogen-bond donors (Lipinski definition) is 2. The van der Waals surface area contributed by atoms with E-state index in [1.807, 2.05) is 20.8 Å². The molecule has 13 nitrogen and oxygen atoms in total. The van der Waals surface area contributed by atoms with Gasteiger partial charge < -0.3 is 24.0 Å². The van der Waals surface area contributed by atoms with E-state index in [1.165, 1.54) is 47.0 Å². The lowest BCUT2D eigenvalue weighted by atomic mass is 10.0. The molecule has 1 amide bonds. The standard InChI is InChI=1S/C33H47N5O8S2/c1-23-10-13-28(14-11-23)47(41,42)35-27-12-15-30-29(17-27)33(40)38(25(3)21-39)18-24(2)31(45-16-8-7-9-26(4)46-30)19-37(6)48(43,44)32-20-36(5)22-34-32/h10-15,17,20,22,24-26,31,35,39H,7-9,16,18-19,21H2,1-6H3/t24-,25+,26+,31-/m1/s1. The minimum atomic E-state index is -3.96. The number of carbonyl (C=O) groups is 1. The summed E-state index contributed by atoms with van der Waals surface area (Å²) >= 11 is 0. The van der Waals surface area contributed by atoms with E-state index >= 15 is 0 Å². The second kappa shape index (κ2) is 15.8. The van der Waals surface area contributed by atoms with Crippen molar-refractivity contribution in [2.24, 2.45) is 13.0 Å². The maximum Gasteiger partial charge on any atom is 0.261 e. The molecule has 0 bridgehead atoms. The van der Waals surface area contributed by atoms with Gasteiger partial charge in [0.05, 0.1) is 41.6 Å². The van der Waals surface area contributed by atoms with Crippen LogP contribution in [-0.2, 0) is 31.8 Å². The van der Waals surface area contributed by atoms with Crippen LogP contribution < -0.4 is 9.46 Å². The van der Waals surface area contributed by atoms with Gasteiger partial charge in [-0.1, -0.05) is 24.6 Å². The first kappa shape index (κ1) is 37.3. The fourth-order valence-corrected chi connectivity index (χ4v) is 7.61. The maximum atomic E-state index is 14.4. The monoisotopic (exact) mass is 705 g/mol. The topological polar surface area (TPSA) is 160 Å². The van der Waals surface area contributed by atoms with Gasteiger partial charge in [0.15, 0.2) is 5.03 Å². The van der Waals surface area contributed by atoms with E-state index < -0.39 is 38.1 Å². The minimum Gasteiger partial charge on any atom is -0.490 e. The molecule has 4 rings (SSSR count). The third kappa shape index (κ3) is 9.14. The SMILES string of the molecule is Cc1ccc(S(=O)(=O)Nc2ccc3c(c2)C(=O)N([C@@H](C)CO)C[C@@H](C)[C@@H](CN(C)S(=O)(=O)c2cn(C)cn2)OCCCC[C@H](C)O3)cc1. The highest BCUT2D eigenvalue weighted by atomic mass is 32.2. The number of aryl methyl sites for hydroxylation is 2. The Bertz CT molecular complexity index is 1760. The Hall–Kier alpha value is -3.50. The summed E-state index contributed by atoms with van der Waals surface area (Å²) < 4.78 is 70.9. The molecular formula is C33H47N5O8S2. The van der Waals surface area contributed by atoms with Gasteiger partial charge in [0, 0.05) is 51.6 Å². The van der Waals surface area contributed by atoms with Gasteiger partial charge in [-0.25, -0.2) is 21.8 Å². The first-order valence-corrected chi connectivity index (χ1v) is 18.9. The number of fused-ring (bicyclic) bond motifs is 1. The van der Waals surface area contributed by atoms with Crippen molar-refractivity contribution in [1.29, 1.82) is 0 Å². The van der Waals surface area contributed by atoms with Gasteiger partial charge in [0.1, 0.15) is 5.75 Å². The average Bonchev–Trinajstić information content (AvgIpc) is 3.49. The van der Waals surface area contributed by atoms with Crippen molar-refractivity contribution >= 4 is 31.6 Å². The highest BCUT2D eigenvalue weighted by Crippen LogP contribution is 2.30. The molecule has 2 aromatic carbocycles. The summed E-state index contributed by atoms with van der Waals surface area (Å²) in [6.07, 6.45) is 4.10.